The van der Waals surface area contributed by atoms with Crippen LogP contribution in [0.15, 0.2) is 66.7 Å². The average molecular weight is 670 g/mol. The molecule has 0 N–H and O–H groups in total. The van der Waals surface area contributed by atoms with Crippen molar-refractivity contribution in [1.82, 2.24) is 24.1 Å². The Kier molecular flexibility index (Phi) is 16.3. The molecule has 0 aliphatic carbocycles. The summed E-state index contributed by atoms with van der Waals surface area (Å²) in [5.41, 5.74) is 5.54. The fourth-order valence-corrected chi connectivity index (χ4v) is 5.06. The predicted molar refractivity (Wildman–Crippen MR) is 162 cm³/mol. The van der Waals surface area contributed by atoms with E-state index in [2.05, 4.69) is 35.1 Å². The number of unbranched alkanes of at least 4 members (excludes halogenated alkanes) is 6. The van der Waals surface area contributed by atoms with Gasteiger partial charge in [-0.2, -0.15) is 0 Å². The topological polar surface area (TPSA) is 67.0 Å². The molecule has 0 fully saturated rings. The van der Waals surface area contributed by atoms with Crippen molar-refractivity contribution in [2.75, 3.05) is 13.2 Å². The first kappa shape index (κ1) is 36.7. The van der Waals surface area contributed by atoms with Gasteiger partial charge in [0.25, 0.3) is 0 Å². The Balaban J connectivity index is 0.00000215. The number of pyridine rings is 1. The molecule has 1 radical (unpaired) electrons. The number of para-hydroxylation sites is 4. The molecule has 5 aromatic rings. The molecule has 0 unspecified atom stereocenters. The van der Waals surface area contributed by atoms with Crippen LogP contribution in [0, 0.1) is 0 Å². The van der Waals surface area contributed by atoms with Crippen LogP contribution in [0.5, 0.6) is 0 Å². The molecule has 0 amide bonds. The van der Waals surface area contributed by atoms with E-state index >= 15 is 0 Å². The van der Waals surface area contributed by atoms with Gasteiger partial charge >= 0.3 is 16.8 Å². The van der Waals surface area contributed by atoms with Crippen molar-refractivity contribution in [3.05, 3.63) is 66.7 Å². The molecule has 10 heteroatoms. The van der Waals surface area contributed by atoms with Crippen molar-refractivity contribution in [3.63, 3.8) is 0 Å². The van der Waals surface area contributed by atoms with Gasteiger partial charge in [0.2, 0.25) is 0 Å². The molecule has 0 aliphatic heterocycles. The maximum absolute atomic E-state index is 6.11. The average Bonchev–Trinajstić information content (AvgIpc) is 3.55. The van der Waals surface area contributed by atoms with Crippen molar-refractivity contribution in [2.24, 2.45) is 0 Å². The summed E-state index contributed by atoms with van der Waals surface area (Å²) in [6.45, 7) is 6.81. The molecule has 7 nitrogen and oxygen atoms in total. The summed E-state index contributed by atoms with van der Waals surface area (Å²) in [4.78, 5) is 15.0. The van der Waals surface area contributed by atoms with Gasteiger partial charge in [-0.25, -0.2) is 15.0 Å². The molecule has 5 rings (SSSR count). The van der Waals surface area contributed by atoms with E-state index in [4.69, 9.17) is 24.4 Å². The summed E-state index contributed by atoms with van der Waals surface area (Å²) < 4.78 is 16.5. The van der Waals surface area contributed by atoms with E-state index in [9.17, 15) is 0 Å². The van der Waals surface area contributed by atoms with E-state index in [1.54, 1.807) is 0 Å². The molecular weight excluding hydrogens is 628 g/mol. The van der Waals surface area contributed by atoms with Crippen molar-refractivity contribution in [2.45, 2.75) is 78.7 Å². The second kappa shape index (κ2) is 19.0. The minimum absolute atomic E-state index is 0. The molecule has 43 heavy (non-hydrogen) atoms. The SMILES string of the molecule is CCCCCCOCn1c(-c2cccc(-c3nc4ccccc4n3COCCCCCC)n2)nc2ccccc21.[Cl-].[Cl-].[Co+2]. The van der Waals surface area contributed by atoms with E-state index in [1.165, 1.54) is 38.5 Å². The van der Waals surface area contributed by atoms with Crippen molar-refractivity contribution in [1.29, 1.82) is 0 Å². The zero-order valence-corrected chi connectivity index (χ0v) is 27.5. The Morgan fingerprint density at radius 1 is 0.535 bits per heavy atom. The van der Waals surface area contributed by atoms with E-state index in [0.29, 0.717) is 13.5 Å². The minimum atomic E-state index is 0. The number of rotatable bonds is 16. The van der Waals surface area contributed by atoms with Gasteiger partial charge in [0.05, 0.1) is 22.1 Å². The molecule has 0 bridgehead atoms. The Morgan fingerprint density at radius 2 is 0.977 bits per heavy atom. The molecule has 3 heterocycles. The first-order valence-corrected chi connectivity index (χ1v) is 14.8. The van der Waals surface area contributed by atoms with Crippen molar-refractivity contribution in [3.8, 4) is 23.0 Å². The maximum Gasteiger partial charge on any atom is 2.00 e. The Morgan fingerprint density at radius 3 is 1.42 bits per heavy atom. The van der Waals surface area contributed by atoms with Gasteiger partial charge in [0, 0.05) is 13.2 Å². The van der Waals surface area contributed by atoms with Gasteiger partial charge in [-0.05, 0) is 49.2 Å². The van der Waals surface area contributed by atoms with Gasteiger partial charge in [-0.1, -0.05) is 82.7 Å². The van der Waals surface area contributed by atoms with Crippen LogP contribution in [0.25, 0.3) is 45.1 Å². The number of imidazole rings is 2. The molecule has 2 aromatic carbocycles. The molecule has 0 saturated carbocycles. The van der Waals surface area contributed by atoms with Crippen LogP contribution >= 0.6 is 0 Å². The van der Waals surface area contributed by atoms with E-state index in [1.807, 2.05) is 54.6 Å². The first-order valence-electron chi connectivity index (χ1n) is 14.8. The van der Waals surface area contributed by atoms with Gasteiger partial charge in [0.1, 0.15) is 24.8 Å². The van der Waals surface area contributed by atoms with Crippen LogP contribution in [0.3, 0.4) is 0 Å². The van der Waals surface area contributed by atoms with Gasteiger partial charge in [0.15, 0.2) is 11.6 Å². The second-order valence-electron chi connectivity index (χ2n) is 10.3. The summed E-state index contributed by atoms with van der Waals surface area (Å²) in [6, 6.07) is 22.4. The third-order valence-electron chi connectivity index (χ3n) is 7.24. The second-order valence-corrected chi connectivity index (χ2v) is 10.3. The summed E-state index contributed by atoms with van der Waals surface area (Å²) in [6.07, 6.45) is 9.46. The quantitative estimate of drug-likeness (QED) is 0.151. The van der Waals surface area contributed by atoms with Gasteiger partial charge in [-0.15, -0.1) is 0 Å². The Labute approximate surface area is 277 Å². The minimum Gasteiger partial charge on any atom is -1.00 e. The molecule has 0 saturated heterocycles. The van der Waals surface area contributed by atoms with Crippen molar-refractivity contribution >= 4 is 22.1 Å². The van der Waals surface area contributed by atoms with Crippen LogP contribution < -0.4 is 24.8 Å². The number of fused-ring (bicyclic) bond motifs is 2. The molecule has 0 spiro atoms. The Hall–Kier alpha value is -2.46. The van der Waals surface area contributed by atoms with Crippen LogP contribution in [0.2, 0.25) is 0 Å². The number of aromatic nitrogens is 5. The third-order valence-corrected chi connectivity index (χ3v) is 7.24. The monoisotopic (exact) mass is 668 g/mol. The van der Waals surface area contributed by atoms with E-state index in [-0.39, 0.29) is 41.6 Å². The predicted octanol–water partition coefficient (Wildman–Crippen LogP) is 2.23. The van der Waals surface area contributed by atoms with E-state index < -0.39 is 0 Å². The van der Waals surface area contributed by atoms with Crippen LogP contribution in [0.4, 0.5) is 0 Å². The number of hydrogen-bond acceptors (Lipinski definition) is 5. The number of hydrogen-bond donors (Lipinski definition) is 0. The van der Waals surface area contributed by atoms with E-state index in [0.717, 1.165) is 71.2 Å². The molecule has 0 atom stereocenters. The van der Waals surface area contributed by atoms with Crippen LogP contribution in [-0.2, 0) is 39.7 Å². The first-order chi connectivity index (χ1) is 19.8. The Bertz CT molecular complexity index is 1410. The fraction of sp³-hybridized carbons (Fsp3) is 0.424. The summed E-state index contributed by atoms with van der Waals surface area (Å²) in [5.74, 6) is 1.60. The zero-order valence-electron chi connectivity index (χ0n) is 25.0. The summed E-state index contributed by atoms with van der Waals surface area (Å²) in [5, 5.41) is 0. The summed E-state index contributed by atoms with van der Waals surface area (Å²) >= 11 is 0. The molecule has 3 aromatic heterocycles. The van der Waals surface area contributed by atoms with Crippen LogP contribution in [-0.4, -0.2) is 37.3 Å². The normalized spacial score (nSPS) is 10.8. The molecule has 233 valence electrons. The largest absolute Gasteiger partial charge is 2.00 e. The third kappa shape index (κ3) is 9.27. The zero-order chi connectivity index (χ0) is 27.6. The maximum atomic E-state index is 6.11. The number of halogens is 2. The standard InChI is InChI=1S/C33H41N5O2.2ClH.Co/c1-3-5-7-13-22-39-24-37-30-20-11-9-16-26(30)35-32(37)28-18-15-19-29(34-28)33-36-27-17-10-12-21-31(27)38(33)25-40-23-14-8-6-4-2;;;/h9-12,15-21H,3-8,13-14,22-25H2,1-2H3;2*1H;/q;;;+2/p-2. The van der Waals surface area contributed by atoms with Crippen LogP contribution in [0.1, 0.15) is 65.2 Å². The van der Waals surface area contributed by atoms with Gasteiger partial charge < -0.3 is 34.3 Å². The van der Waals surface area contributed by atoms with Crippen molar-refractivity contribution < 1.29 is 51.1 Å². The molecular formula is C33H41Cl2CoN5O2. The summed E-state index contributed by atoms with van der Waals surface area (Å²) in [7, 11) is 0. The fourth-order valence-electron chi connectivity index (χ4n) is 5.06. The number of ether oxygens (including phenoxy) is 2. The molecule has 0 aliphatic rings. The smallest absolute Gasteiger partial charge is 1.00 e. The number of nitrogens with zero attached hydrogens (tertiary/aromatic N) is 5. The number of benzene rings is 2. The van der Waals surface area contributed by atoms with Gasteiger partial charge in [-0.3, -0.25) is 9.13 Å².